The molecule has 0 amide bonds. The first-order chi connectivity index (χ1) is 10.0. The zero-order valence-electron chi connectivity index (χ0n) is 11.8. The minimum Gasteiger partial charge on any atom is -0.466 e. The zero-order chi connectivity index (χ0) is 15.4. The van der Waals surface area contributed by atoms with Gasteiger partial charge in [-0.25, -0.2) is 0 Å². The predicted molar refractivity (Wildman–Crippen MR) is 83.3 cm³/mol. The largest absolute Gasteiger partial charge is 0.466 e. The minimum absolute atomic E-state index is 0.169. The van der Waals surface area contributed by atoms with Crippen LogP contribution in [-0.2, 0) is 20.7 Å². The van der Waals surface area contributed by atoms with Gasteiger partial charge < -0.3 is 9.64 Å². The summed E-state index contributed by atoms with van der Waals surface area (Å²) in [5.74, 6) is -0.652. The topological polar surface area (TPSA) is 46.6 Å². The van der Waals surface area contributed by atoms with Crippen molar-refractivity contribution in [1.82, 2.24) is 0 Å². The molecule has 0 saturated carbocycles. The Kier molecular flexibility index (Phi) is 5.48. The number of ketones is 1. The maximum Gasteiger partial charge on any atom is 0.313 e. The van der Waals surface area contributed by atoms with Crippen molar-refractivity contribution in [1.29, 1.82) is 0 Å². The second-order valence-electron chi connectivity index (χ2n) is 4.93. The summed E-state index contributed by atoms with van der Waals surface area (Å²) in [5, 5.41) is 1.17. The highest BCUT2D eigenvalue weighted by atomic mass is 35.5. The van der Waals surface area contributed by atoms with Gasteiger partial charge in [0.25, 0.3) is 0 Å². The number of halogens is 2. The van der Waals surface area contributed by atoms with Crippen LogP contribution < -0.4 is 4.90 Å². The molecule has 0 bridgehead atoms. The first kappa shape index (κ1) is 16.1. The lowest BCUT2D eigenvalue weighted by Crippen LogP contribution is -2.35. The van der Waals surface area contributed by atoms with E-state index in [4.69, 9.17) is 27.9 Å². The molecule has 0 spiro atoms. The molecular weight excluding hydrogens is 313 g/mol. The zero-order valence-corrected chi connectivity index (χ0v) is 13.3. The van der Waals surface area contributed by atoms with E-state index < -0.39 is 5.97 Å². The SMILES string of the molecule is CCOC(=O)CC(=O)CN1CCCc2c(Cl)cc(Cl)cc21. The normalized spacial score (nSPS) is 13.8. The van der Waals surface area contributed by atoms with E-state index in [9.17, 15) is 9.59 Å². The minimum atomic E-state index is -0.483. The number of carbonyl (C=O) groups excluding carboxylic acids is 2. The molecule has 1 aliphatic heterocycles. The number of anilines is 1. The van der Waals surface area contributed by atoms with Crippen molar-refractivity contribution < 1.29 is 14.3 Å². The van der Waals surface area contributed by atoms with E-state index in [1.54, 1.807) is 13.0 Å². The van der Waals surface area contributed by atoms with Crippen LogP contribution in [-0.4, -0.2) is 31.4 Å². The number of carbonyl (C=O) groups is 2. The lowest BCUT2D eigenvalue weighted by Gasteiger charge is -2.31. The Morgan fingerprint density at radius 1 is 1.33 bits per heavy atom. The summed E-state index contributed by atoms with van der Waals surface area (Å²) in [6, 6.07) is 3.53. The fourth-order valence-corrected chi connectivity index (χ4v) is 3.07. The fraction of sp³-hybridized carbons (Fsp3) is 0.467. The molecule has 114 valence electrons. The number of Topliss-reactive ketones (excluding diaryl/α,β-unsaturated/α-hetero) is 1. The maximum absolute atomic E-state index is 12.0. The smallest absolute Gasteiger partial charge is 0.313 e. The Balaban J connectivity index is 2.10. The fourth-order valence-electron chi connectivity index (χ4n) is 2.49. The van der Waals surface area contributed by atoms with Gasteiger partial charge in [-0.1, -0.05) is 23.2 Å². The van der Waals surface area contributed by atoms with Gasteiger partial charge in [0.1, 0.15) is 6.42 Å². The number of hydrogen-bond donors (Lipinski definition) is 0. The van der Waals surface area contributed by atoms with Crippen LogP contribution in [0.4, 0.5) is 5.69 Å². The van der Waals surface area contributed by atoms with E-state index in [1.165, 1.54) is 0 Å². The van der Waals surface area contributed by atoms with E-state index in [1.807, 2.05) is 11.0 Å². The molecule has 21 heavy (non-hydrogen) atoms. The average Bonchev–Trinajstić information content (AvgIpc) is 2.39. The molecule has 0 aromatic heterocycles. The molecule has 0 fully saturated rings. The van der Waals surface area contributed by atoms with E-state index in [2.05, 4.69) is 0 Å². The van der Waals surface area contributed by atoms with Crippen molar-refractivity contribution in [3.63, 3.8) is 0 Å². The van der Waals surface area contributed by atoms with Crippen LogP contribution in [0.5, 0.6) is 0 Å². The Morgan fingerprint density at radius 2 is 2.10 bits per heavy atom. The van der Waals surface area contributed by atoms with E-state index in [0.29, 0.717) is 10.0 Å². The number of benzene rings is 1. The predicted octanol–water partition coefficient (Wildman–Crippen LogP) is 3.27. The van der Waals surface area contributed by atoms with Crippen LogP contribution in [0.1, 0.15) is 25.3 Å². The summed E-state index contributed by atoms with van der Waals surface area (Å²) in [5.41, 5.74) is 1.90. The van der Waals surface area contributed by atoms with Crippen molar-refractivity contribution in [2.45, 2.75) is 26.2 Å². The van der Waals surface area contributed by atoms with Crippen LogP contribution in [0.3, 0.4) is 0 Å². The second-order valence-corrected chi connectivity index (χ2v) is 5.77. The Labute approximate surface area is 134 Å². The Bertz CT molecular complexity index is 560. The summed E-state index contributed by atoms with van der Waals surface area (Å²) in [7, 11) is 0. The van der Waals surface area contributed by atoms with Gasteiger partial charge in [0.15, 0.2) is 5.78 Å². The van der Waals surface area contributed by atoms with Crippen LogP contribution in [0.15, 0.2) is 12.1 Å². The quantitative estimate of drug-likeness (QED) is 0.614. The monoisotopic (exact) mass is 329 g/mol. The van der Waals surface area contributed by atoms with Gasteiger partial charge in [0, 0.05) is 22.3 Å². The molecule has 0 atom stereocenters. The summed E-state index contributed by atoms with van der Waals surface area (Å²) >= 11 is 12.2. The van der Waals surface area contributed by atoms with Gasteiger partial charge in [-0.15, -0.1) is 0 Å². The van der Waals surface area contributed by atoms with Crippen molar-refractivity contribution in [3.8, 4) is 0 Å². The van der Waals surface area contributed by atoms with E-state index in [-0.39, 0.29) is 25.4 Å². The van der Waals surface area contributed by atoms with Crippen molar-refractivity contribution in [2.24, 2.45) is 0 Å². The molecule has 6 heteroatoms. The van der Waals surface area contributed by atoms with Crippen LogP contribution in [0.25, 0.3) is 0 Å². The molecule has 1 aromatic carbocycles. The lowest BCUT2D eigenvalue weighted by atomic mass is 10.0. The Hall–Kier alpha value is -1.26. The number of hydrogen-bond acceptors (Lipinski definition) is 4. The summed E-state index contributed by atoms with van der Waals surface area (Å²) in [6.45, 7) is 2.91. The summed E-state index contributed by atoms with van der Waals surface area (Å²) < 4.78 is 4.79. The van der Waals surface area contributed by atoms with Gasteiger partial charge in [0.05, 0.1) is 13.2 Å². The van der Waals surface area contributed by atoms with Crippen molar-refractivity contribution in [2.75, 3.05) is 24.6 Å². The standard InChI is InChI=1S/C15H17Cl2NO3/c1-2-21-15(20)8-11(19)9-18-5-3-4-12-13(17)6-10(16)7-14(12)18/h6-7H,2-5,8-9H2,1H3. The van der Waals surface area contributed by atoms with Crippen LogP contribution in [0.2, 0.25) is 10.0 Å². The highest BCUT2D eigenvalue weighted by Gasteiger charge is 2.22. The van der Waals surface area contributed by atoms with Gasteiger partial charge in [0.2, 0.25) is 0 Å². The number of ether oxygens (including phenoxy) is 1. The molecule has 1 heterocycles. The first-order valence-corrected chi connectivity index (χ1v) is 7.67. The average molecular weight is 330 g/mol. The molecule has 1 aromatic rings. The number of fused-ring (bicyclic) bond motifs is 1. The molecule has 0 N–H and O–H groups in total. The molecule has 4 nitrogen and oxygen atoms in total. The van der Waals surface area contributed by atoms with Crippen LogP contribution >= 0.6 is 23.2 Å². The van der Waals surface area contributed by atoms with Gasteiger partial charge in [-0.3, -0.25) is 9.59 Å². The van der Waals surface area contributed by atoms with Crippen molar-refractivity contribution >= 4 is 40.6 Å². The lowest BCUT2D eigenvalue weighted by molar-refractivity contribution is -0.145. The molecule has 1 aliphatic rings. The molecule has 2 rings (SSSR count). The van der Waals surface area contributed by atoms with Crippen LogP contribution in [0, 0.1) is 0 Å². The molecule has 0 saturated heterocycles. The van der Waals surface area contributed by atoms with Crippen molar-refractivity contribution in [3.05, 3.63) is 27.7 Å². The number of rotatable bonds is 5. The molecular formula is C15H17Cl2NO3. The first-order valence-electron chi connectivity index (χ1n) is 6.91. The third-order valence-corrected chi connectivity index (χ3v) is 3.90. The highest BCUT2D eigenvalue weighted by Crippen LogP contribution is 2.35. The molecule has 0 unspecified atom stereocenters. The van der Waals surface area contributed by atoms with Gasteiger partial charge >= 0.3 is 5.97 Å². The third-order valence-electron chi connectivity index (χ3n) is 3.35. The Morgan fingerprint density at radius 3 is 2.81 bits per heavy atom. The van der Waals surface area contributed by atoms with E-state index >= 15 is 0 Å². The van der Waals surface area contributed by atoms with Gasteiger partial charge in [-0.05, 0) is 37.5 Å². The third kappa shape index (κ3) is 4.11. The summed E-state index contributed by atoms with van der Waals surface area (Å²) in [6.07, 6.45) is 1.59. The summed E-state index contributed by atoms with van der Waals surface area (Å²) in [4.78, 5) is 25.2. The second kappa shape index (κ2) is 7.14. The van der Waals surface area contributed by atoms with Gasteiger partial charge in [-0.2, -0.15) is 0 Å². The highest BCUT2D eigenvalue weighted by molar-refractivity contribution is 6.35. The molecule has 0 radical (unpaired) electrons. The number of esters is 1. The van der Waals surface area contributed by atoms with E-state index in [0.717, 1.165) is 30.6 Å². The molecule has 0 aliphatic carbocycles. The number of nitrogens with zero attached hydrogens (tertiary/aromatic N) is 1. The maximum atomic E-state index is 12.0.